The number of nitrogens with zero attached hydrogens (tertiary/aromatic N) is 2. The number of ether oxygens (including phenoxy) is 4. The van der Waals surface area contributed by atoms with E-state index >= 15 is 0 Å². The Morgan fingerprint density at radius 1 is 1.15 bits per heavy atom. The number of carbonyl (C=O) groups excluding carboxylic acids is 3. The summed E-state index contributed by atoms with van der Waals surface area (Å²) in [6.45, 7) is 7.31. The van der Waals surface area contributed by atoms with E-state index in [1.54, 1.807) is 10.6 Å². The number of hydrogen-bond donors (Lipinski definition) is 1. The molecule has 1 aromatic carbocycles. The topological polar surface area (TPSA) is 118 Å². The number of fused-ring (bicyclic) bond motifs is 1. The van der Waals surface area contributed by atoms with Crippen LogP contribution in [0, 0.1) is 0 Å². The molecule has 3 rings (SSSR count). The maximum atomic E-state index is 12.0. The van der Waals surface area contributed by atoms with E-state index in [1.807, 2.05) is 13.8 Å². The third-order valence-corrected chi connectivity index (χ3v) is 6.62. The highest BCUT2D eigenvalue weighted by Crippen LogP contribution is 2.43. The predicted octanol–water partition coefficient (Wildman–Crippen LogP) is 4.25. The van der Waals surface area contributed by atoms with Crippen LogP contribution in [0.5, 0.6) is 0 Å². The number of esters is 3. The van der Waals surface area contributed by atoms with Crippen molar-refractivity contribution in [1.29, 1.82) is 0 Å². The second kappa shape index (κ2) is 10.7. The van der Waals surface area contributed by atoms with Crippen LogP contribution < -0.4 is 5.32 Å². The first-order valence-electron chi connectivity index (χ1n) is 10.4. The highest BCUT2D eigenvalue weighted by atomic mass is 79.9. The first-order chi connectivity index (χ1) is 15.9. The normalized spacial score (nSPS) is 22.1. The van der Waals surface area contributed by atoms with Gasteiger partial charge in [0.2, 0.25) is 5.95 Å². The molecule has 186 valence electrons. The molecule has 1 saturated heterocycles. The molecule has 0 bridgehead atoms. The Balaban J connectivity index is 2.20. The molecular formula is C21H24BrCl2N3O7. The summed E-state index contributed by atoms with van der Waals surface area (Å²) >= 11 is 16.1. The molecule has 34 heavy (non-hydrogen) atoms. The Labute approximate surface area is 214 Å². The predicted molar refractivity (Wildman–Crippen MR) is 128 cm³/mol. The van der Waals surface area contributed by atoms with E-state index < -0.39 is 42.4 Å². The fraction of sp³-hybridized carbons (Fsp3) is 0.524. The molecule has 0 radical (unpaired) electrons. The molecule has 0 saturated carbocycles. The van der Waals surface area contributed by atoms with E-state index in [1.165, 1.54) is 20.8 Å². The molecule has 4 atom stereocenters. The molecular weight excluding hydrogens is 557 g/mol. The number of benzene rings is 1. The summed E-state index contributed by atoms with van der Waals surface area (Å²) in [5.74, 6) is -1.40. The quantitative estimate of drug-likeness (QED) is 0.291. The number of imidazole rings is 1. The zero-order chi connectivity index (χ0) is 25.3. The summed E-state index contributed by atoms with van der Waals surface area (Å²) in [7, 11) is 0. The number of hydrogen-bond acceptors (Lipinski definition) is 9. The van der Waals surface area contributed by atoms with Crippen molar-refractivity contribution in [3.05, 3.63) is 20.6 Å². The van der Waals surface area contributed by atoms with Gasteiger partial charge >= 0.3 is 17.9 Å². The van der Waals surface area contributed by atoms with Gasteiger partial charge in [-0.3, -0.25) is 19.0 Å². The second-order valence-electron chi connectivity index (χ2n) is 7.97. The van der Waals surface area contributed by atoms with Crippen molar-refractivity contribution < 1.29 is 33.3 Å². The molecule has 2 heterocycles. The van der Waals surface area contributed by atoms with Gasteiger partial charge in [0.05, 0.1) is 20.0 Å². The van der Waals surface area contributed by atoms with E-state index in [4.69, 9.17) is 42.1 Å². The van der Waals surface area contributed by atoms with Gasteiger partial charge in [0, 0.05) is 26.8 Å². The Morgan fingerprint density at radius 2 is 1.76 bits per heavy atom. The zero-order valence-corrected chi connectivity index (χ0v) is 22.2. The minimum atomic E-state index is -1.08. The lowest BCUT2D eigenvalue weighted by atomic mass is 10.1. The van der Waals surface area contributed by atoms with Crippen LogP contribution in [0.1, 0.15) is 40.8 Å². The van der Waals surface area contributed by atoms with Crippen molar-refractivity contribution in [2.24, 2.45) is 0 Å². The molecule has 13 heteroatoms. The molecule has 1 aliphatic rings. The van der Waals surface area contributed by atoms with Crippen molar-refractivity contribution >= 4 is 74.0 Å². The van der Waals surface area contributed by atoms with E-state index in [0.29, 0.717) is 21.5 Å². The van der Waals surface area contributed by atoms with Gasteiger partial charge in [-0.25, -0.2) is 4.98 Å². The number of halogens is 3. The number of aromatic nitrogens is 2. The second-order valence-corrected chi connectivity index (χ2v) is 9.55. The minimum Gasteiger partial charge on any atom is -0.463 e. The van der Waals surface area contributed by atoms with Crippen LogP contribution in [0.3, 0.4) is 0 Å². The van der Waals surface area contributed by atoms with Crippen LogP contribution >= 0.6 is 39.1 Å². The van der Waals surface area contributed by atoms with Gasteiger partial charge in [-0.15, -0.1) is 0 Å². The molecule has 0 amide bonds. The van der Waals surface area contributed by atoms with Crippen LogP contribution in [0.25, 0.3) is 11.0 Å². The van der Waals surface area contributed by atoms with Gasteiger partial charge in [-0.1, -0.05) is 23.2 Å². The number of anilines is 1. The summed E-state index contributed by atoms with van der Waals surface area (Å²) in [5.41, 5.74) is 0.997. The Morgan fingerprint density at radius 3 is 2.32 bits per heavy atom. The van der Waals surface area contributed by atoms with Gasteiger partial charge in [-0.2, -0.15) is 0 Å². The molecule has 1 N–H and O–H groups in total. The monoisotopic (exact) mass is 579 g/mol. The van der Waals surface area contributed by atoms with E-state index in [0.717, 1.165) is 0 Å². The lowest BCUT2D eigenvalue weighted by molar-refractivity contribution is -0.166. The Kier molecular flexibility index (Phi) is 8.33. The Bertz CT molecular complexity index is 1120. The smallest absolute Gasteiger partial charge is 0.303 e. The van der Waals surface area contributed by atoms with E-state index in [9.17, 15) is 14.4 Å². The first-order valence-corrected chi connectivity index (χ1v) is 11.9. The lowest BCUT2D eigenvalue weighted by Crippen LogP contribution is -2.40. The van der Waals surface area contributed by atoms with E-state index in [-0.39, 0.29) is 22.7 Å². The van der Waals surface area contributed by atoms with Crippen molar-refractivity contribution in [2.45, 2.75) is 65.2 Å². The van der Waals surface area contributed by atoms with Crippen LogP contribution in [0.2, 0.25) is 10.0 Å². The van der Waals surface area contributed by atoms with Crippen molar-refractivity contribution in [1.82, 2.24) is 9.55 Å². The van der Waals surface area contributed by atoms with Gasteiger partial charge in [-0.05, 0) is 35.8 Å². The molecule has 1 fully saturated rings. The third-order valence-electron chi connectivity index (χ3n) is 4.83. The lowest BCUT2D eigenvalue weighted by Gasteiger charge is -2.25. The molecule has 0 spiro atoms. The molecule has 0 aliphatic carbocycles. The maximum absolute atomic E-state index is 12.0. The number of carbonyl (C=O) groups is 3. The summed E-state index contributed by atoms with van der Waals surface area (Å²) in [6, 6.07) is 1.58. The van der Waals surface area contributed by atoms with Crippen molar-refractivity contribution in [3.8, 4) is 0 Å². The molecule has 1 aromatic heterocycles. The minimum absolute atomic E-state index is 0.0324. The summed E-state index contributed by atoms with van der Waals surface area (Å²) in [5, 5.41) is 3.77. The fourth-order valence-corrected chi connectivity index (χ4v) is 4.62. The first kappa shape index (κ1) is 26.5. The van der Waals surface area contributed by atoms with E-state index in [2.05, 4.69) is 26.2 Å². The van der Waals surface area contributed by atoms with Crippen LogP contribution in [-0.2, 0) is 33.3 Å². The number of rotatable bonds is 7. The van der Waals surface area contributed by atoms with Crippen LogP contribution in [0.15, 0.2) is 10.5 Å². The zero-order valence-electron chi connectivity index (χ0n) is 19.1. The standard InChI is InChI=1S/C21H24BrCl2N3O7/c1-8(2)25-21-26-17-13(6-12(23)16(24)15(17)22)27(21)20-19(33-11(5)30)18(32-10(4)29)14(34-20)7-31-9(3)28/h6,8,14,18-20H,7H2,1-5H3,(H,25,26)/t14-,18-,19-,20-/m1/s1. The number of nitrogens with one attached hydrogen (secondary N) is 1. The average molecular weight is 581 g/mol. The largest absolute Gasteiger partial charge is 0.463 e. The molecule has 0 unspecified atom stereocenters. The van der Waals surface area contributed by atoms with Gasteiger partial charge < -0.3 is 24.3 Å². The molecule has 10 nitrogen and oxygen atoms in total. The van der Waals surface area contributed by atoms with Crippen molar-refractivity contribution in [3.63, 3.8) is 0 Å². The van der Waals surface area contributed by atoms with Crippen LogP contribution in [-0.4, -0.2) is 58.4 Å². The van der Waals surface area contributed by atoms with Gasteiger partial charge in [0.15, 0.2) is 18.4 Å². The summed E-state index contributed by atoms with van der Waals surface area (Å²) < 4.78 is 24.4. The summed E-state index contributed by atoms with van der Waals surface area (Å²) in [4.78, 5) is 39.9. The fourth-order valence-electron chi connectivity index (χ4n) is 3.66. The third kappa shape index (κ3) is 5.59. The summed E-state index contributed by atoms with van der Waals surface area (Å²) in [6.07, 6.45) is -4.07. The van der Waals surface area contributed by atoms with Gasteiger partial charge in [0.1, 0.15) is 18.2 Å². The SMILES string of the molecule is CC(=O)OC[C@H]1O[C@@H](n2c(NC(C)C)nc3c(Br)c(Cl)c(Cl)cc32)[C@H](OC(C)=O)[C@@H]1OC(C)=O. The van der Waals surface area contributed by atoms with Gasteiger partial charge in [0.25, 0.3) is 0 Å². The molecule has 2 aromatic rings. The molecule has 1 aliphatic heterocycles. The maximum Gasteiger partial charge on any atom is 0.303 e. The highest BCUT2D eigenvalue weighted by molar-refractivity contribution is 9.10. The highest BCUT2D eigenvalue weighted by Gasteiger charge is 2.51. The Hall–Kier alpha value is -2.08. The average Bonchev–Trinajstić information content (AvgIpc) is 3.21. The van der Waals surface area contributed by atoms with Crippen molar-refractivity contribution in [2.75, 3.05) is 11.9 Å². The van der Waals surface area contributed by atoms with Crippen LogP contribution in [0.4, 0.5) is 5.95 Å².